The predicted molar refractivity (Wildman–Crippen MR) is 40.6 cm³/mol. The summed E-state index contributed by atoms with van der Waals surface area (Å²) < 4.78 is 0. The maximum atomic E-state index is 10.6. The fraction of sp³-hybridized carbons (Fsp3) is 0.429. The van der Waals surface area contributed by atoms with Gasteiger partial charge in [0.05, 0.1) is 12.8 Å². The highest BCUT2D eigenvalue weighted by molar-refractivity contribution is 5.98. The van der Waals surface area contributed by atoms with E-state index in [0.717, 1.165) is 0 Å². The Kier molecular flexibility index (Phi) is 3.76. The molecule has 0 aromatic rings. The van der Waals surface area contributed by atoms with Gasteiger partial charge in [0.15, 0.2) is 0 Å². The van der Waals surface area contributed by atoms with Crippen LogP contribution in [0.4, 0.5) is 0 Å². The molecule has 7 heteroatoms. The molecule has 0 amide bonds. The first kappa shape index (κ1) is 12.1. The number of carbonyl (C=O) groups excluding carboxylic acids is 1. The highest BCUT2D eigenvalue weighted by Gasteiger charge is 2.43. The van der Waals surface area contributed by atoms with Crippen molar-refractivity contribution in [2.45, 2.75) is 12.8 Å². The number of hydrogen-bond acceptors (Lipinski definition) is 4. The van der Waals surface area contributed by atoms with Crippen LogP contribution in [0.2, 0.25) is 0 Å². The maximum Gasteiger partial charge on any atom is 0.318 e. The average molecular weight is 204 g/mol. The van der Waals surface area contributed by atoms with Gasteiger partial charge in [0, 0.05) is 0 Å². The summed E-state index contributed by atoms with van der Waals surface area (Å²) in [6, 6.07) is 0. The van der Waals surface area contributed by atoms with Crippen LogP contribution in [0, 0.1) is 5.41 Å². The normalized spacial score (nSPS) is 10.6. The molecule has 14 heavy (non-hydrogen) atoms. The quantitative estimate of drug-likeness (QED) is 0.381. The molecule has 0 atom stereocenters. The number of carboxylic acid groups (broad SMARTS) is 3. The first-order valence-electron chi connectivity index (χ1n) is 3.47. The number of aliphatic carboxylic acids is 3. The molecule has 0 saturated carbocycles. The van der Waals surface area contributed by atoms with Gasteiger partial charge in [-0.05, 0) is 0 Å². The van der Waals surface area contributed by atoms with Crippen molar-refractivity contribution in [1.82, 2.24) is 0 Å². The van der Waals surface area contributed by atoms with Crippen molar-refractivity contribution in [3.8, 4) is 0 Å². The third-order valence-corrected chi connectivity index (χ3v) is 1.58. The van der Waals surface area contributed by atoms with E-state index in [1.54, 1.807) is 0 Å². The van der Waals surface area contributed by atoms with Gasteiger partial charge >= 0.3 is 17.9 Å². The Morgan fingerprint density at radius 1 is 1.00 bits per heavy atom. The van der Waals surface area contributed by atoms with E-state index >= 15 is 0 Å². The van der Waals surface area contributed by atoms with Crippen molar-refractivity contribution < 1.29 is 34.5 Å². The molecule has 0 rings (SSSR count). The van der Waals surface area contributed by atoms with Gasteiger partial charge in [0.1, 0.15) is 11.7 Å². The molecule has 0 aliphatic carbocycles. The third kappa shape index (κ3) is 2.85. The van der Waals surface area contributed by atoms with Gasteiger partial charge in [-0.1, -0.05) is 0 Å². The van der Waals surface area contributed by atoms with Crippen molar-refractivity contribution in [1.29, 1.82) is 0 Å². The largest absolute Gasteiger partial charge is 0.481 e. The van der Waals surface area contributed by atoms with E-state index in [9.17, 15) is 19.2 Å². The number of carbonyl (C=O) groups is 4. The second-order valence-electron chi connectivity index (χ2n) is 2.72. The molecule has 0 bridgehead atoms. The van der Waals surface area contributed by atoms with Crippen molar-refractivity contribution in [3.63, 3.8) is 0 Å². The van der Waals surface area contributed by atoms with Crippen molar-refractivity contribution in [3.05, 3.63) is 0 Å². The minimum atomic E-state index is -2.38. The molecule has 7 nitrogen and oxygen atoms in total. The summed E-state index contributed by atoms with van der Waals surface area (Å²) in [5.41, 5.74) is -2.38. The van der Waals surface area contributed by atoms with E-state index in [4.69, 9.17) is 15.3 Å². The van der Waals surface area contributed by atoms with Crippen LogP contribution in [0.25, 0.3) is 0 Å². The molecule has 3 N–H and O–H groups in total. The molecule has 0 radical (unpaired) electrons. The first-order valence-corrected chi connectivity index (χ1v) is 3.47. The van der Waals surface area contributed by atoms with Crippen LogP contribution >= 0.6 is 0 Å². The van der Waals surface area contributed by atoms with Gasteiger partial charge in [0.25, 0.3) is 0 Å². The Balaban J connectivity index is 4.97. The van der Waals surface area contributed by atoms with Crippen LogP contribution in [0.3, 0.4) is 0 Å². The second kappa shape index (κ2) is 4.35. The molecule has 0 unspecified atom stereocenters. The first-order chi connectivity index (χ1) is 6.34. The summed E-state index contributed by atoms with van der Waals surface area (Å²) in [5.74, 6) is -4.83. The zero-order chi connectivity index (χ0) is 11.4. The summed E-state index contributed by atoms with van der Waals surface area (Å²) >= 11 is 0. The number of aldehydes is 1. The molecule has 0 aromatic heterocycles. The van der Waals surface area contributed by atoms with Crippen molar-refractivity contribution >= 4 is 24.2 Å². The fourth-order valence-corrected chi connectivity index (χ4v) is 0.887. The Labute approximate surface area is 78.0 Å². The van der Waals surface area contributed by atoms with E-state index in [0.29, 0.717) is 0 Å². The van der Waals surface area contributed by atoms with Crippen LogP contribution < -0.4 is 0 Å². The van der Waals surface area contributed by atoms with Gasteiger partial charge < -0.3 is 20.1 Å². The standard InChI is InChI=1S/C7H8O7/c8-3-7(6(13)14,1-4(9)10)2-5(11)12/h3H,1-2H2,(H,9,10)(H,11,12)(H,13,14). The molecule has 0 aliphatic rings. The summed E-state index contributed by atoms with van der Waals surface area (Å²) in [6.45, 7) is 0. The molecule has 0 aliphatic heterocycles. The third-order valence-electron chi connectivity index (χ3n) is 1.58. The lowest BCUT2D eigenvalue weighted by Gasteiger charge is -2.18. The monoisotopic (exact) mass is 204 g/mol. The van der Waals surface area contributed by atoms with Gasteiger partial charge in [-0.3, -0.25) is 14.4 Å². The van der Waals surface area contributed by atoms with E-state index in [1.807, 2.05) is 0 Å². The number of rotatable bonds is 6. The molecule has 78 valence electrons. The highest BCUT2D eigenvalue weighted by atomic mass is 16.4. The van der Waals surface area contributed by atoms with Gasteiger partial charge in [0.2, 0.25) is 0 Å². The lowest BCUT2D eigenvalue weighted by atomic mass is 9.83. The van der Waals surface area contributed by atoms with Crippen LogP contribution in [0.5, 0.6) is 0 Å². The maximum absolute atomic E-state index is 10.6. The summed E-state index contributed by atoms with van der Waals surface area (Å²) in [6.07, 6.45) is -2.24. The van der Waals surface area contributed by atoms with E-state index < -0.39 is 36.2 Å². The molecule has 0 saturated heterocycles. The molecule has 0 spiro atoms. The average Bonchev–Trinajstić information content (AvgIpc) is 2.00. The van der Waals surface area contributed by atoms with Crippen molar-refractivity contribution in [2.24, 2.45) is 5.41 Å². The Bertz CT molecular complexity index is 264. The van der Waals surface area contributed by atoms with Gasteiger partial charge in [-0.25, -0.2) is 0 Å². The van der Waals surface area contributed by atoms with Crippen molar-refractivity contribution in [2.75, 3.05) is 0 Å². The smallest absolute Gasteiger partial charge is 0.318 e. The SMILES string of the molecule is O=CC(CC(=O)O)(CC(=O)O)C(=O)O. The van der Waals surface area contributed by atoms with Gasteiger partial charge in [-0.15, -0.1) is 0 Å². The number of hydrogen-bond donors (Lipinski definition) is 3. The van der Waals surface area contributed by atoms with Crippen LogP contribution in [0.1, 0.15) is 12.8 Å². The van der Waals surface area contributed by atoms with Crippen LogP contribution in [-0.4, -0.2) is 39.5 Å². The fourth-order valence-electron chi connectivity index (χ4n) is 0.887. The van der Waals surface area contributed by atoms with E-state index in [2.05, 4.69) is 0 Å². The number of carboxylic acids is 3. The lowest BCUT2D eigenvalue weighted by Crippen LogP contribution is -2.37. The molecular formula is C7H8O7. The minimum Gasteiger partial charge on any atom is -0.481 e. The van der Waals surface area contributed by atoms with Crippen LogP contribution in [0.15, 0.2) is 0 Å². The molecular weight excluding hydrogens is 196 g/mol. The van der Waals surface area contributed by atoms with E-state index in [-0.39, 0.29) is 6.29 Å². The molecule has 0 fully saturated rings. The predicted octanol–water partition coefficient (Wildman–Crippen LogP) is -0.794. The lowest BCUT2D eigenvalue weighted by molar-refractivity contribution is -0.162. The zero-order valence-electron chi connectivity index (χ0n) is 6.97. The Morgan fingerprint density at radius 3 is 1.50 bits per heavy atom. The zero-order valence-corrected chi connectivity index (χ0v) is 6.97. The van der Waals surface area contributed by atoms with Gasteiger partial charge in [-0.2, -0.15) is 0 Å². The molecule has 0 aromatic carbocycles. The highest BCUT2D eigenvalue weighted by Crippen LogP contribution is 2.24. The Hall–Kier alpha value is -1.92. The summed E-state index contributed by atoms with van der Waals surface area (Å²) in [5, 5.41) is 25.2. The van der Waals surface area contributed by atoms with Crippen LogP contribution in [-0.2, 0) is 19.2 Å². The summed E-state index contributed by atoms with van der Waals surface area (Å²) in [7, 11) is 0. The topological polar surface area (TPSA) is 129 Å². The Morgan fingerprint density at radius 2 is 1.36 bits per heavy atom. The minimum absolute atomic E-state index is 0.155. The second-order valence-corrected chi connectivity index (χ2v) is 2.72. The molecule has 0 heterocycles. The van der Waals surface area contributed by atoms with E-state index in [1.165, 1.54) is 0 Å². The summed E-state index contributed by atoms with van der Waals surface area (Å²) in [4.78, 5) is 41.5.